The molecule has 2 aromatic rings. The van der Waals surface area contributed by atoms with Gasteiger partial charge in [0.25, 0.3) is 5.91 Å². The highest BCUT2D eigenvalue weighted by molar-refractivity contribution is 5.95. The molecule has 6 nitrogen and oxygen atoms in total. The Morgan fingerprint density at radius 3 is 2.75 bits per heavy atom. The fraction of sp³-hybridized carbons (Fsp3) is 0.455. The number of rotatable bonds is 7. The molecule has 3 rings (SSSR count). The summed E-state index contributed by atoms with van der Waals surface area (Å²) in [5.74, 6) is 1.59. The maximum absolute atomic E-state index is 13.0. The van der Waals surface area contributed by atoms with E-state index in [4.69, 9.17) is 15.2 Å². The first-order valence-electron chi connectivity index (χ1n) is 9.92. The average Bonchev–Trinajstić information content (AvgIpc) is 2.73. The molecule has 28 heavy (non-hydrogen) atoms. The number of hydrogen-bond acceptors (Lipinski definition) is 5. The highest BCUT2D eigenvalue weighted by atomic mass is 16.5. The number of aromatic nitrogens is 1. The van der Waals surface area contributed by atoms with E-state index < -0.39 is 0 Å². The number of benzene rings is 1. The molecule has 1 amide bonds. The van der Waals surface area contributed by atoms with Crippen LogP contribution >= 0.6 is 0 Å². The maximum Gasteiger partial charge on any atom is 0.254 e. The summed E-state index contributed by atoms with van der Waals surface area (Å²) in [6.45, 7) is 6.32. The van der Waals surface area contributed by atoms with Gasteiger partial charge in [0.1, 0.15) is 6.61 Å². The summed E-state index contributed by atoms with van der Waals surface area (Å²) < 4.78 is 11.6. The lowest BCUT2D eigenvalue weighted by Gasteiger charge is -2.34. The van der Waals surface area contributed by atoms with Crippen LogP contribution in [0, 0.1) is 5.92 Å². The zero-order chi connectivity index (χ0) is 19.9. The molecule has 2 N–H and O–H groups in total. The molecule has 1 aromatic heterocycles. The van der Waals surface area contributed by atoms with Crippen LogP contribution in [0.4, 0.5) is 0 Å². The zero-order valence-electron chi connectivity index (χ0n) is 16.6. The Kier molecular flexibility index (Phi) is 6.87. The van der Waals surface area contributed by atoms with Crippen LogP contribution in [0.5, 0.6) is 11.5 Å². The predicted octanol–water partition coefficient (Wildman–Crippen LogP) is 3.26. The Bertz CT molecular complexity index is 780. The van der Waals surface area contributed by atoms with Gasteiger partial charge >= 0.3 is 0 Å². The lowest BCUT2D eigenvalue weighted by Crippen LogP contribution is -2.45. The van der Waals surface area contributed by atoms with E-state index in [2.05, 4.69) is 4.98 Å². The van der Waals surface area contributed by atoms with Crippen LogP contribution in [0.25, 0.3) is 0 Å². The van der Waals surface area contributed by atoms with Crippen molar-refractivity contribution in [2.75, 3.05) is 19.7 Å². The standard InChI is InChI=1S/C22H29N3O3/c1-3-27-21-13-18(22(26)25-12-4-5-19(14-25)16(2)23)6-7-20(21)28-15-17-8-10-24-11-9-17/h6-11,13,16,19H,3-5,12,14-15,23H2,1-2H3. The summed E-state index contributed by atoms with van der Waals surface area (Å²) in [7, 11) is 0. The number of pyridine rings is 1. The highest BCUT2D eigenvalue weighted by Crippen LogP contribution is 2.30. The van der Waals surface area contributed by atoms with Crippen molar-refractivity contribution in [2.45, 2.75) is 39.3 Å². The van der Waals surface area contributed by atoms with Gasteiger partial charge in [-0.1, -0.05) is 0 Å². The molecule has 150 valence electrons. The van der Waals surface area contributed by atoms with Crippen LogP contribution in [0.3, 0.4) is 0 Å². The third kappa shape index (κ3) is 5.01. The molecule has 0 bridgehead atoms. The van der Waals surface area contributed by atoms with Crippen molar-refractivity contribution in [2.24, 2.45) is 11.7 Å². The molecular formula is C22H29N3O3. The Labute approximate surface area is 166 Å². The van der Waals surface area contributed by atoms with Gasteiger partial charge in [0.2, 0.25) is 0 Å². The van der Waals surface area contributed by atoms with Gasteiger partial charge in [-0.3, -0.25) is 9.78 Å². The van der Waals surface area contributed by atoms with Crippen molar-refractivity contribution >= 4 is 5.91 Å². The van der Waals surface area contributed by atoms with Crippen molar-refractivity contribution < 1.29 is 14.3 Å². The van der Waals surface area contributed by atoms with Crippen molar-refractivity contribution in [1.82, 2.24) is 9.88 Å². The lowest BCUT2D eigenvalue weighted by atomic mass is 9.92. The second-order valence-corrected chi connectivity index (χ2v) is 7.25. The number of ether oxygens (including phenoxy) is 2. The van der Waals surface area contributed by atoms with E-state index in [1.165, 1.54) is 0 Å². The van der Waals surface area contributed by atoms with E-state index in [9.17, 15) is 4.79 Å². The molecule has 1 fully saturated rings. The van der Waals surface area contributed by atoms with Crippen LogP contribution in [-0.4, -0.2) is 41.5 Å². The first-order chi connectivity index (χ1) is 13.6. The molecule has 0 aliphatic carbocycles. The number of amides is 1. The Balaban J connectivity index is 1.73. The van der Waals surface area contributed by atoms with Gasteiger partial charge < -0.3 is 20.1 Å². The fourth-order valence-electron chi connectivity index (χ4n) is 3.47. The van der Waals surface area contributed by atoms with E-state index in [-0.39, 0.29) is 11.9 Å². The van der Waals surface area contributed by atoms with Gasteiger partial charge in [-0.05, 0) is 68.5 Å². The third-order valence-electron chi connectivity index (χ3n) is 5.12. The van der Waals surface area contributed by atoms with Gasteiger partial charge in [0.15, 0.2) is 11.5 Å². The van der Waals surface area contributed by atoms with E-state index in [0.29, 0.717) is 42.7 Å². The molecule has 1 aliphatic rings. The van der Waals surface area contributed by atoms with Crippen molar-refractivity contribution in [3.05, 3.63) is 53.9 Å². The van der Waals surface area contributed by atoms with Gasteiger partial charge in [-0.15, -0.1) is 0 Å². The normalized spacial score (nSPS) is 17.8. The van der Waals surface area contributed by atoms with Crippen LogP contribution in [-0.2, 0) is 6.61 Å². The van der Waals surface area contributed by atoms with Gasteiger partial charge in [0, 0.05) is 37.1 Å². The van der Waals surface area contributed by atoms with Crippen LogP contribution in [0.1, 0.15) is 42.6 Å². The largest absolute Gasteiger partial charge is 0.490 e. The first kappa shape index (κ1) is 20.1. The molecule has 1 saturated heterocycles. The summed E-state index contributed by atoms with van der Waals surface area (Å²) >= 11 is 0. The van der Waals surface area contributed by atoms with Crippen LogP contribution in [0.2, 0.25) is 0 Å². The lowest BCUT2D eigenvalue weighted by molar-refractivity contribution is 0.0660. The Hall–Kier alpha value is -2.60. The zero-order valence-corrected chi connectivity index (χ0v) is 16.6. The summed E-state index contributed by atoms with van der Waals surface area (Å²) in [6.07, 6.45) is 5.53. The number of carbonyl (C=O) groups excluding carboxylic acids is 1. The number of piperidine rings is 1. The molecule has 2 unspecified atom stereocenters. The van der Waals surface area contributed by atoms with E-state index in [1.807, 2.05) is 43.0 Å². The minimum atomic E-state index is 0.0204. The quantitative estimate of drug-likeness (QED) is 0.794. The van der Waals surface area contributed by atoms with Gasteiger partial charge in [0.05, 0.1) is 6.61 Å². The average molecular weight is 383 g/mol. The monoisotopic (exact) mass is 383 g/mol. The van der Waals surface area contributed by atoms with E-state index in [0.717, 1.165) is 24.9 Å². The number of nitrogens with two attached hydrogens (primary N) is 1. The summed E-state index contributed by atoms with van der Waals surface area (Å²) in [5.41, 5.74) is 7.69. The molecule has 0 radical (unpaired) electrons. The number of nitrogens with zero attached hydrogens (tertiary/aromatic N) is 2. The van der Waals surface area contributed by atoms with Crippen molar-refractivity contribution in [1.29, 1.82) is 0 Å². The number of carbonyl (C=O) groups is 1. The maximum atomic E-state index is 13.0. The van der Waals surface area contributed by atoms with Gasteiger partial charge in [-0.2, -0.15) is 0 Å². The minimum Gasteiger partial charge on any atom is -0.490 e. The van der Waals surface area contributed by atoms with Gasteiger partial charge in [-0.25, -0.2) is 0 Å². The topological polar surface area (TPSA) is 77.7 Å². The molecule has 1 aliphatic heterocycles. The predicted molar refractivity (Wildman–Crippen MR) is 108 cm³/mol. The van der Waals surface area contributed by atoms with E-state index >= 15 is 0 Å². The molecular weight excluding hydrogens is 354 g/mol. The summed E-state index contributed by atoms with van der Waals surface area (Å²) in [4.78, 5) is 18.9. The molecule has 0 spiro atoms. The molecule has 1 aromatic carbocycles. The summed E-state index contributed by atoms with van der Waals surface area (Å²) in [5, 5.41) is 0. The Morgan fingerprint density at radius 1 is 1.25 bits per heavy atom. The van der Waals surface area contributed by atoms with Crippen LogP contribution < -0.4 is 15.2 Å². The SMILES string of the molecule is CCOc1cc(C(=O)N2CCCC(C(C)N)C2)ccc1OCc1ccncc1. The number of likely N-dealkylation sites (tertiary alicyclic amines) is 1. The first-order valence-corrected chi connectivity index (χ1v) is 9.92. The third-order valence-corrected chi connectivity index (χ3v) is 5.12. The molecule has 6 heteroatoms. The number of hydrogen-bond donors (Lipinski definition) is 1. The molecule has 2 heterocycles. The van der Waals surface area contributed by atoms with Crippen molar-refractivity contribution in [3.8, 4) is 11.5 Å². The van der Waals surface area contributed by atoms with Crippen molar-refractivity contribution in [3.63, 3.8) is 0 Å². The minimum absolute atomic E-state index is 0.0204. The fourth-order valence-corrected chi connectivity index (χ4v) is 3.47. The summed E-state index contributed by atoms with van der Waals surface area (Å²) in [6, 6.07) is 9.31. The van der Waals surface area contributed by atoms with E-state index in [1.54, 1.807) is 18.5 Å². The molecule has 0 saturated carbocycles. The smallest absolute Gasteiger partial charge is 0.254 e. The Morgan fingerprint density at radius 2 is 2.04 bits per heavy atom. The highest BCUT2D eigenvalue weighted by Gasteiger charge is 2.27. The second-order valence-electron chi connectivity index (χ2n) is 7.25. The molecule has 2 atom stereocenters. The van der Waals surface area contributed by atoms with Crippen LogP contribution in [0.15, 0.2) is 42.7 Å². The second kappa shape index (κ2) is 9.55.